The van der Waals surface area contributed by atoms with E-state index < -0.39 is 5.60 Å². The lowest BCUT2D eigenvalue weighted by Crippen LogP contribution is -2.42. The van der Waals surface area contributed by atoms with E-state index in [1.807, 2.05) is 20.8 Å². The largest absolute Gasteiger partial charge is 0.444 e. The normalized spacial score (nSPS) is 24.9. The standard InChI is InChI=1S/C15H30N2O2/c1-14(2,3)19-13(18)17-10-15(4,5)11-6-8-12(16)9-7-11/h11-12H,6-10,16H2,1-5H3,(H,17,18). The van der Waals surface area contributed by atoms with Crippen molar-refractivity contribution in [3.8, 4) is 0 Å². The Labute approximate surface area is 117 Å². The molecule has 1 amide bonds. The van der Waals surface area contributed by atoms with Gasteiger partial charge in [-0.15, -0.1) is 0 Å². The lowest BCUT2D eigenvalue weighted by molar-refractivity contribution is 0.0475. The number of nitrogens with one attached hydrogen (secondary N) is 1. The first-order valence-electron chi connectivity index (χ1n) is 7.32. The van der Waals surface area contributed by atoms with Crippen molar-refractivity contribution in [3.05, 3.63) is 0 Å². The molecule has 19 heavy (non-hydrogen) atoms. The number of amides is 1. The van der Waals surface area contributed by atoms with Gasteiger partial charge in [0.2, 0.25) is 0 Å². The van der Waals surface area contributed by atoms with E-state index in [0.717, 1.165) is 25.7 Å². The summed E-state index contributed by atoms with van der Waals surface area (Å²) < 4.78 is 5.27. The fourth-order valence-corrected chi connectivity index (χ4v) is 2.66. The highest BCUT2D eigenvalue weighted by Gasteiger charge is 2.33. The Kier molecular flexibility index (Phi) is 5.25. The van der Waals surface area contributed by atoms with Crippen LogP contribution in [0.5, 0.6) is 0 Å². The Morgan fingerprint density at radius 2 is 1.68 bits per heavy atom. The van der Waals surface area contributed by atoms with Gasteiger partial charge >= 0.3 is 6.09 Å². The Morgan fingerprint density at radius 1 is 1.16 bits per heavy atom. The molecule has 4 heteroatoms. The highest BCUT2D eigenvalue weighted by atomic mass is 16.6. The van der Waals surface area contributed by atoms with Gasteiger partial charge in [-0.05, 0) is 57.8 Å². The third-order valence-corrected chi connectivity index (χ3v) is 3.96. The van der Waals surface area contributed by atoms with Crippen LogP contribution in [-0.2, 0) is 4.74 Å². The van der Waals surface area contributed by atoms with Gasteiger partial charge < -0.3 is 15.8 Å². The molecule has 1 saturated carbocycles. The van der Waals surface area contributed by atoms with Crippen molar-refractivity contribution in [2.75, 3.05) is 6.54 Å². The van der Waals surface area contributed by atoms with Gasteiger partial charge in [-0.3, -0.25) is 0 Å². The van der Waals surface area contributed by atoms with E-state index in [4.69, 9.17) is 10.5 Å². The minimum atomic E-state index is -0.439. The molecule has 0 bridgehead atoms. The van der Waals surface area contributed by atoms with Crippen molar-refractivity contribution in [2.45, 2.75) is 71.9 Å². The Morgan fingerprint density at radius 3 is 2.16 bits per heavy atom. The summed E-state index contributed by atoms with van der Waals surface area (Å²) in [5.41, 5.74) is 5.60. The number of carbonyl (C=O) groups excluding carboxylic acids is 1. The molecule has 1 aliphatic rings. The van der Waals surface area contributed by atoms with Gasteiger partial charge in [0.05, 0.1) is 0 Å². The van der Waals surface area contributed by atoms with E-state index in [1.165, 1.54) is 0 Å². The number of nitrogens with two attached hydrogens (primary N) is 1. The SMILES string of the molecule is CC(C)(C)OC(=O)NCC(C)(C)C1CCC(N)CC1. The van der Waals surface area contributed by atoms with Crippen LogP contribution in [0.4, 0.5) is 4.79 Å². The van der Waals surface area contributed by atoms with Crippen LogP contribution in [0.3, 0.4) is 0 Å². The first-order valence-corrected chi connectivity index (χ1v) is 7.32. The molecule has 112 valence electrons. The second-order valence-corrected chi connectivity index (χ2v) is 7.46. The Bertz CT molecular complexity index is 300. The molecule has 0 radical (unpaired) electrons. The summed E-state index contributed by atoms with van der Waals surface area (Å²) in [5.74, 6) is 0.627. The molecule has 0 unspecified atom stereocenters. The van der Waals surface area contributed by atoms with Crippen LogP contribution in [0.1, 0.15) is 60.3 Å². The fraction of sp³-hybridized carbons (Fsp3) is 0.933. The second kappa shape index (κ2) is 6.12. The van der Waals surface area contributed by atoms with E-state index in [2.05, 4.69) is 19.2 Å². The smallest absolute Gasteiger partial charge is 0.407 e. The predicted molar refractivity (Wildman–Crippen MR) is 78.0 cm³/mol. The number of carbonyl (C=O) groups is 1. The number of rotatable bonds is 3. The van der Waals surface area contributed by atoms with Crippen LogP contribution in [0.2, 0.25) is 0 Å². The molecule has 1 rings (SSSR count). The maximum Gasteiger partial charge on any atom is 0.407 e. The number of hydrogen-bond donors (Lipinski definition) is 2. The number of alkyl carbamates (subject to hydrolysis) is 1. The van der Waals surface area contributed by atoms with Crippen molar-refractivity contribution in [1.29, 1.82) is 0 Å². The van der Waals surface area contributed by atoms with Crippen LogP contribution < -0.4 is 11.1 Å². The maximum absolute atomic E-state index is 11.7. The van der Waals surface area contributed by atoms with Gasteiger partial charge in [0.25, 0.3) is 0 Å². The lowest BCUT2D eigenvalue weighted by Gasteiger charge is -2.38. The second-order valence-electron chi connectivity index (χ2n) is 7.46. The summed E-state index contributed by atoms with van der Waals surface area (Å²) in [4.78, 5) is 11.7. The molecular weight excluding hydrogens is 240 g/mol. The van der Waals surface area contributed by atoms with Crippen LogP contribution in [0.15, 0.2) is 0 Å². The van der Waals surface area contributed by atoms with Gasteiger partial charge in [0, 0.05) is 12.6 Å². The van der Waals surface area contributed by atoms with Crippen molar-refractivity contribution in [3.63, 3.8) is 0 Å². The zero-order valence-electron chi connectivity index (χ0n) is 13.1. The van der Waals surface area contributed by atoms with Crippen molar-refractivity contribution in [1.82, 2.24) is 5.32 Å². The fourth-order valence-electron chi connectivity index (χ4n) is 2.66. The number of hydrogen-bond acceptors (Lipinski definition) is 3. The minimum Gasteiger partial charge on any atom is -0.444 e. The third-order valence-electron chi connectivity index (χ3n) is 3.96. The Hall–Kier alpha value is -0.770. The summed E-state index contributed by atoms with van der Waals surface area (Å²) >= 11 is 0. The molecule has 0 aliphatic heterocycles. The average molecular weight is 270 g/mol. The van der Waals surface area contributed by atoms with Crippen molar-refractivity contribution < 1.29 is 9.53 Å². The molecule has 0 atom stereocenters. The zero-order chi connectivity index (χ0) is 14.7. The van der Waals surface area contributed by atoms with E-state index in [-0.39, 0.29) is 11.5 Å². The minimum absolute atomic E-state index is 0.0943. The first kappa shape index (κ1) is 16.3. The average Bonchev–Trinajstić information content (AvgIpc) is 2.25. The summed E-state index contributed by atoms with van der Waals surface area (Å²) in [6, 6.07) is 0.367. The van der Waals surface area contributed by atoms with Crippen LogP contribution in [0, 0.1) is 11.3 Å². The van der Waals surface area contributed by atoms with Crippen LogP contribution in [0.25, 0.3) is 0 Å². The molecule has 0 aromatic carbocycles. The quantitative estimate of drug-likeness (QED) is 0.828. The molecule has 0 spiro atoms. The highest BCUT2D eigenvalue weighted by molar-refractivity contribution is 5.67. The maximum atomic E-state index is 11.7. The summed E-state index contributed by atoms with van der Waals surface area (Å²) in [6.45, 7) is 10.7. The summed E-state index contributed by atoms with van der Waals surface area (Å²) in [6.07, 6.45) is 4.18. The molecule has 4 nitrogen and oxygen atoms in total. The first-order chi connectivity index (χ1) is 8.60. The predicted octanol–water partition coefficient (Wildman–Crippen LogP) is 3.05. The van der Waals surface area contributed by atoms with E-state index in [1.54, 1.807) is 0 Å². The summed E-state index contributed by atoms with van der Waals surface area (Å²) in [5, 5.41) is 2.90. The van der Waals surface area contributed by atoms with E-state index >= 15 is 0 Å². The van der Waals surface area contributed by atoms with Crippen molar-refractivity contribution in [2.24, 2.45) is 17.1 Å². The third kappa shape index (κ3) is 5.81. The van der Waals surface area contributed by atoms with E-state index in [9.17, 15) is 4.79 Å². The lowest BCUT2D eigenvalue weighted by atomic mass is 9.70. The molecule has 3 N–H and O–H groups in total. The topological polar surface area (TPSA) is 64.3 Å². The summed E-state index contributed by atoms with van der Waals surface area (Å²) in [7, 11) is 0. The van der Waals surface area contributed by atoms with Crippen LogP contribution >= 0.6 is 0 Å². The van der Waals surface area contributed by atoms with Crippen molar-refractivity contribution >= 4 is 6.09 Å². The molecule has 0 aromatic heterocycles. The van der Waals surface area contributed by atoms with Gasteiger partial charge in [-0.25, -0.2) is 4.79 Å². The molecule has 0 heterocycles. The van der Waals surface area contributed by atoms with Gasteiger partial charge in [-0.2, -0.15) is 0 Å². The van der Waals surface area contributed by atoms with Crippen LogP contribution in [-0.4, -0.2) is 24.3 Å². The zero-order valence-corrected chi connectivity index (χ0v) is 13.1. The molecule has 0 aromatic rings. The Balaban J connectivity index is 2.40. The molecule has 1 aliphatic carbocycles. The van der Waals surface area contributed by atoms with E-state index in [0.29, 0.717) is 18.5 Å². The molecular formula is C15H30N2O2. The van der Waals surface area contributed by atoms with Gasteiger partial charge in [0.15, 0.2) is 0 Å². The van der Waals surface area contributed by atoms with Gasteiger partial charge in [0.1, 0.15) is 5.60 Å². The van der Waals surface area contributed by atoms with Gasteiger partial charge in [-0.1, -0.05) is 13.8 Å². The highest BCUT2D eigenvalue weighted by Crippen LogP contribution is 2.37. The number of ether oxygens (including phenoxy) is 1. The molecule has 0 saturated heterocycles. The monoisotopic (exact) mass is 270 g/mol. The molecule has 1 fully saturated rings.